The van der Waals surface area contributed by atoms with Crippen LogP contribution in [0.3, 0.4) is 0 Å². The molecule has 2 fully saturated rings. The molecule has 1 aromatic rings. The highest BCUT2D eigenvalue weighted by Crippen LogP contribution is 2.65. The van der Waals surface area contributed by atoms with Crippen LogP contribution in [0.5, 0.6) is 0 Å². The molecule has 2 saturated heterocycles. The van der Waals surface area contributed by atoms with Gasteiger partial charge >= 0.3 is 0 Å². The largest absolute Gasteiger partial charge is 0.394 e. The minimum atomic E-state index is -0.892. The van der Waals surface area contributed by atoms with Crippen molar-refractivity contribution in [1.82, 2.24) is 14.7 Å². The van der Waals surface area contributed by atoms with Crippen molar-refractivity contribution < 1.29 is 19.5 Å². The molecular formula is C30H39N3O4S. The molecular weight excluding hydrogens is 498 g/mol. The van der Waals surface area contributed by atoms with E-state index < -0.39 is 33.4 Å². The molecule has 0 radical (unpaired) electrons. The number of hydrogen-bond acceptors (Lipinski definition) is 5. The Morgan fingerprint density at radius 3 is 2.37 bits per heavy atom. The van der Waals surface area contributed by atoms with Gasteiger partial charge in [-0.3, -0.25) is 14.4 Å². The Morgan fingerprint density at radius 1 is 1.00 bits per heavy atom. The molecule has 3 amide bonds. The van der Waals surface area contributed by atoms with Crippen LogP contribution in [0.15, 0.2) is 54.6 Å². The molecule has 204 valence electrons. The van der Waals surface area contributed by atoms with Gasteiger partial charge in [-0.2, -0.15) is 0 Å². The Hall–Kier alpha value is -2.58. The zero-order valence-electron chi connectivity index (χ0n) is 22.7. The van der Waals surface area contributed by atoms with E-state index >= 15 is 0 Å². The molecule has 5 rings (SSSR count). The van der Waals surface area contributed by atoms with Crippen molar-refractivity contribution in [2.24, 2.45) is 11.8 Å². The van der Waals surface area contributed by atoms with Crippen molar-refractivity contribution in [2.75, 3.05) is 26.2 Å². The van der Waals surface area contributed by atoms with Gasteiger partial charge in [0.15, 0.2) is 0 Å². The average molecular weight is 538 g/mol. The number of likely N-dealkylation sites (tertiary alicyclic amines) is 1. The Morgan fingerprint density at radius 2 is 1.71 bits per heavy atom. The molecule has 8 heteroatoms. The van der Waals surface area contributed by atoms with E-state index in [1.807, 2.05) is 86.1 Å². The summed E-state index contributed by atoms with van der Waals surface area (Å²) in [5.74, 6) is -1.60. The van der Waals surface area contributed by atoms with Gasteiger partial charge in [0.25, 0.3) is 0 Å². The number of thioether (sulfide) groups is 1. The van der Waals surface area contributed by atoms with Gasteiger partial charge in [-0.25, -0.2) is 0 Å². The number of fused-ring (bicyclic) bond motifs is 2. The fourth-order valence-electron chi connectivity index (χ4n) is 6.99. The Kier molecular flexibility index (Phi) is 7.24. The lowest BCUT2D eigenvalue weighted by Gasteiger charge is -2.40. The number of aliphatic hydroxyl groups is 1. The summed E-state index contributed by atoms with van der Waals surface area (Å²) in [6, 6.07) is 8.34. The topological polar surface area (TPSA) is 81.2 Å². The molecule has 0 bridgehead atoms. The van der Waals surface area contributed by atoms with E-state index in [1.165, 1.54) is 0 Å². The van der Waals surface area contributed by atoms with Crippen LogP contribution in [0.25, 0.3) is 0 Å². The van der Waals surface area contributed by atoms with E-state index in [-0.39, 0.29) is 30.4 Å². The summed E-state index contributed by atoms with van der Waals surface area (Å²) in [4.78, 5) is 48.4. The maximum atomic E-state index is 14.6. The van der Waals surface area contributed by atoms with E-state index in [4.69, 9.17) is 0 Å². The van der Waals surface area contributed by atoms with Crippen LogP contribution >= 0.6 is 11.8 Å². The van der Waals surface area contributed by atoms with Crippen LogP contribution < -0.4 is 0 Å². The molecule has 4 heterocycles. The second-order valence-corrected chi connectivity index (χ2v) is 13.2. The third-order valence-electron chi connectivity index (χ3n) is 8.64. The van der Waals surface area contributed by atoms with E-state index in [2.05, 4.69) is 6.08 Å². The Bertz CT molecular complexity index is 1150. The third kappa shape index (κ3) is 4.11. The molecule has 0 saturated carbocycles. The zero-order valence-corrected chi connectivity index (χ0v) is 23.6. The number of aliphatic hydroxyl groups excluding tert-OH is 1. The average Bonchev–Trinajstić information content (AvgIpc) is 3.16. The van der Waals surface area contributed by atoms with E-state index in [1.54, 1.807) is 16.7 Å². The number of carbonyl (C=O) groups excluding carboxylic acids is 3. The third-order valence-corrected chi connectivity index (χ3v) is 10.4. The summed E-state index contributed by atoms with van der Waals surface area (Å²) in [5, 5.41) is 10.6. The summed E-state index contributed by atoms with van der Waals surface area (Å²) in [5.41, 5.74) is 0.989. The van der Waals surface area contributed by atoms with Crippen molar-refractivity contribution in [1.29, 1.82) is 0 Å². The minimum absolute atomic E-state index is 0.0166. The van der Waals surface area contributed by atoms with Crippen molar-refractivity contribution in [3.63, 3.8) is 0 Å². The number of carbonyl (C=O) groups is 3. The predicted molar refractivity (Wildman–Crippen MR) is 149 cm³/mol. The lowest BCUT2D eigenvalue weighted by atomic mass is 9.74. The van der Waals surface area contributed by atoms with Crippen LogP contribution in [0.2, 0.25) is 0 Å². The Labute approximate surface area is 229 Å². The molecule has 0 aromatic heterocycles. The highest BCUT2D eigenvalue weighted by atomic mass is 32.2. The molecule has 7 nitrogen and oxygen atoms in total. The van der Waals surface area contributed by atoms with Gasteiger partial charge in [0, 0.05) is 30.4 Å². The van der Waals surface area contributed by atoms with Crippen LogP contribution in [0.1, 0.15) is 39.7 Å². The van der Waals surface area contributed by atoms with Gasteiger partial charge in [-0.1, -0.05) is 61.6 Å². The van der Waals surface area contributed by atoms with Crippen LogP contribution in [-0.4, -0.2) is 91.4 Å². The van der Waals surface area contributed by atoms with Crippen molar-refractivity contribution in [3.8, 4) is 0 Å². The van der Waals surface area contributed by atoms with Gasteiger partial charge in [-0.05, 0) is 39.2 Å². The highest BCUT2D eigenvalue weighted by molar-refractivity contribution is 8.02. The lowest BCUT2D eigenvalue weighted by molar-refractivity contribution is -0.147. The van der Waals surface area contributed by atoms with E-state index in [9.17, 15) is 19.5 Å². The summed E-state index contributed by atoms with van der Waals surface area (Å²) >= 11 is 1.60. The SMILES string of the molecule is CCCN1CC=C[C@@]2(C)S[C@]34C=CCN(C(C)C)C(=O)C3N([C@@H](CO)Cc3ccccc3)C(=O)[C@@H]4[C@H]2C1=O. The molecule has 6 atom stereocenters. The van der Waals surface area contributed by atoms with Crippen LogP contribution in [0.4, 0.5) is 0 Å². The fraction of sp³-hybridized carbons (Fsp3) is 0.567. The highest BCUT2D eigenvalue weighted by Gasteiger charge is 2.74. The molecule has 38 heavy (non-hydrogen) atoms. The Balaban J connectivity index is 1.65. The summed E-state index contributed by atoms with van der Waals surface area (Å²) in [6.45, 7) is 9.42. The minimum Gasteiger partial charge on any atom is -0.394 e. The van der Waals surface area contributed by atoms with Crippen LogP contribution in [-0.2, 0) is 20.8 Å². The number of rotatable bonds is 7. The lowest BCUT2D eigenvalue weighted by Crippen LogP contribution is -2.58. The molecule has 1 aromatic carbocycles. The first-order valence-corrected chi connectivity index (χ1v) is 14.6. The zero-order chi connectivity index (χ0) is 27.2. The number of hydrogen-bond donors (Lipinski definition) is 1. The monoisotopic (exact) mass is 537 g/mol. The molecule has 1 unspecified atom stereocenters. The van der Waals surface area contributed by atoms with E-state index in [0.29, 0.717) is 26.1 Å². The summed E-state index contributed by atoms with van der Waals surface area (Å²) in [7, 11) is 0. The standard InChI is InChI=1S/C30H39N3O4S/c1-5-15-31-16-9-13-29(4)23(26(31)35)24-27(36)33(22(19-34)18-21-11-7-6-8-12-21)25-28(37)32(20(2)3)17-10-14-30(24,25)38-29/h6-14,20,22-25,34H,5,15-19H2,1-4H3/t22-,23+,24+,25?,29-,30+/m1/s1. The van der Waals surface area contributed by atoms with Crippen molar-refractivity contribution in [3.05, 3.63) is 60.2 Å². The quantitative estimate of drug-likeness (QED) is 0.541. The maximum absolute atomic E-state index is 14.6. The first-order valence-electron chi connectivity index (χ1n) is 13.8. The molecule has 1 spiro atoms. The first kappa shape index (κ1) is 27.0. The second kappa shape index (κ2) is 10.2. The van der Waals surface area contributed by atoms with E-state index in [0.717, 1.165) is 12.0 Å². The van der Waals surface area contributed by atoms with Gasteiger partial charge in [0.2, 0.25) is 17.7 Å². The second-order valence-electron chi connectivity index (χ2n) is 11.4. The number of amides is 3. The fourth-order valence-corrected chi connectivity index (χ4v) is 9.14. The smallest absolute Gasteiger partial charge is 0.247 e. The normalized spacial score (nSPS) is 33.4. The number of nitrogens with zero attached hydrogens (tertiary/aromatic N) is 3. The van der Waals surface area contributed by atoms with Crippen LogP contribution in [0, 0.1) is 11.8 Å². The van der Waals surface area contributed by atoms with Crippen molar-refractivity contribution >= 4 is 29.5 Å². The molecule has 4 aliphatic rings. The van der Waals surface area contributed by atoms with Gasteiger partial charge in [0.1, 0.15) is 6.04 Å². The first-order chi connectivity index (χ1) is 18.2. The van der Waals surface area contributed by atoms with Gasteiger partial charge < -0.3 is 19.8 Å². The van der Waals surface area contributed by atoms with Gasteiger partial charge in [-0.15, -0.1) is 11.8 Å². The molecule has 0 aliphatic carbocycles. The van der Waals surface area contributed by atoms with Gasteiger partial charge in [0.05, 0.1) is 29.2 Å². The molecule has 1 N–H and O–H groups in total. The summed E-state index contributed by atoms with van der Waals surface area (Å²) < 4.78 is -1.51. The van der Waals surface area contributed by atoms with Crippen molar-refractivity contribution in [2.45, 2.75) is 68.2 Å². The maximum Gasteiger partial charge on any atom is 0.247 e. The predicted octanol–water partition coefficient (Wildman–Crippen LogP) is 2.89. The summed E-state index contributed by atoms with van der Waals surface area (Å²) in [6.07, 6.45) is 9.46. The molecule has 4 aliphatic heterocycles. The number of benzene rings is 1.